The standard InChI is InChI=1S/C17H18N4O3/c18-16(22)14-6-5-12(10-19-14)21-17(23)20-9-11-7-8-24-15-4-2-1-3-13(11)15/h1-6,10-11H,7-9H2,(H2,18,22)(H2,20,21,23)/t11-/m0/s1. The first-order valence-corrected chi connectivity index (χ1v) is 7.66. The van der Waals surface area contributed by atoms with Crippen LogP contribution in [0.25, 0.3) is 0 Å². The number of benzene rings is 1. The molecule has 4 N–H and O–H groups in total. The van der Waals surface area contributed by atoms with Crippen molar-refractivity contribution in [3.63, 3.8) is 0 Å². The first kappa shape index (κ1) is 15.8. The van der Waals surface area contributed by atoms with Gasteiger partial charge in [0.15, 0.2) is 0 Å². The maximum absolute atomic E-state index is 12.0. The molecule has 3 amide bonds. The summed E-state index contributed by atoms with van der Waals surface area (Å²) >= 11 is 0. The highest BCUT2D eigenvalue weighted by atomic mass is 16.5. The maximum atomic E-state index is 12.0. The molecule has 3 rings (SSSR count). The summed E-state index contributed by atoms with van der Waals surface area (Å²) in [6.45, 7) is 1.16. The summed E-state index contributed by atoms with van der Waals surface area (Å²) < 4.78 is 5.61. The molecule has 7 heteroatoms. The fourth-order valence-corrected chi connectivity index (χ4v) is 2.63. The van der Waals surface area contributed by atoms with Crippen LogP contribution in [0.2, 0.25) is 0 Å². The van der Waals surface area contributed by atoms with Gasteiger partial charge in [-0.15, -0.1) is 0 Å². The summed E-state index contributed by atoms with van der Waals surface area (Å²) in [5.41, 5.74) is 6.87. The van der Waals surface area contributed by atoms with Crippen LogP contribution >= 0.6 is 0 Å². The summed E-state index contributed by atoms with van der Waals surface area (Å²) in [5, 5.41) is 5.53. The predicted octanol–water partition coefficient (Wildman–Crippen LogP) is 1.87. The summed E-state index contributed by atoms with van der Waals surface area (Å²) in [6.07, 6.45) is 2.25. The molecule has 1 aliphatic rings. The Morgan fingerprint density at radius 2 is 2.08 bits per heavy atom. The van der Waals surface area contributed by atoms with Crippen LogP contribution < -0.4 is 21.1 Å². The number of nitrogens with zero attached hydrogens (tertiary/aromatic N) is 1. The number of para-hydroxylation sites is 1. The van der Waals surface area contributed by atoms with Crippen molar-refractivity contribution in [2.75, 3.05) is 18.5 Å². The van der Waals surface area contributed by atoms with E-state index >= 15 is 0 Å². The fraction of sp³-hybridized carbons (Fsp3) is 0.235. The molecule has 2 aromatic rings. The topological polar surface area (TPSA) is 106 Å². The van der Waals surface area contributed by atoms with Crippen molar-refractivity contribution in [2.45, 2.75) is 12.3 Å². The van der Waals surface area contributed by atoms with Crippen LogP contribution in [0.4, 0.5) is 10.5 Å². The second-order valence-corrected chi connectivity index (χ2v) is 5.50. The molecule has 7 nitrogen and oxygen atoms in total. The Bertz CT molecular complexity index is 746. The minimum Gasteiger partial charge on any atom is -0.493 e. The molecular formula is C17H18N4O3. The molecule has 0 saturated carbocycles. The van der Waals surface area contributed by atoms with Gasteiger partial charge in [-0.1, -0.05) is 18.2 Å². The molecule has 0 unspecified atom stereocenters. The zero-order valence-electron chi connectivity index (χ0n) is 13.0. The highest BCUT2D eigenvalue weighted by Crippen LogP contribution is 2.32. The number of carbonyl (C=O) groups excluding carboxylic acids is 2. The van der Waals surface area contributed by atoms with E-state index < -0.39 is 5.91 Å². The van der Waals surface area contributed by atoms with E-state index in [4.69, 9.17) is 10.5 Å². The Morgan fingerprint density at radius 1 is 1.25 bits per heavy atom. The van der Waals surface area contributed by atoms with Crippen LogP contribution in [-0.2, 0) is 0 Å². The summed E-state index contributed by atoms with van der Waals surface area (Å²) in [7, 11) is 0. The minimum absolute atomic E-state index is 0.153. The quantitative estimate of drug-likeness (QED) is 0.797. The van der Waals surface area contributed by atoms with Gasteiger partial charge in [-0.2, -0.15) is 0 Å². The molecule has 0 saturated heterocycles. The number of urea groups is 1. The van der Waals surface area contributed by atoms with E-state index in [0.29, 0.717) is 18.8 Å². The van der Waals surface area contributed by atoms with E-state index in [2.05, 4.69) is 15.6 Å². The number of hydrogen-bond donors (Lipinski definition) is 3. The Kier molecular flexibility index (Phi) is 4.60. The highest BCUT2D eigenvalue weighted by Gasteiger charge is 2.21. The largest absolute Gasteiger partial charge is 0.493 e. The van der Waals surface area contributed by atoms with E-state index in [1.165, 1.54) is 12.3 Å². The van der Waals surface area contributed by atoms with Crippen molar-refractivity contribution < 1.29 is 14.3 Å². The summed E-state index contributed by atoms with van der Waals surface area (Å²) in [6, 6.07) is 10.6. The second kappa shape index (κ2) is 6.99. The van der Waals surface area contributed by atoms with Crippen molar-refractivity contribution in [3.8, 4) is 5.75 Å². The van der Waals surface area contributed by atoms with Gasteiger partial charge >= 0.3 is 6.03 Å². The average Bonchev–Trinajstić information content (AvgIpc) is 2.60. The molecule has 0 aliphatic carbocycles. The van der Waals surface area contributed by atoms with Crippen molar-refractivity contribution in [1.29, 1.82) is 0 Å². The number of ether oxygens (including phenoxy) is 1. The number of primary amides is 1. The first-order chi connectivity index (χ1) is 11.6. The lowest BCUT2D eigenvalue weighted by Gasteiger charge is -2.26. The van der Waals surface area contributed by atoms with E-state index in [0.717, 1.165) is 17.7 Å². The predicted molar refractivity (Wildman–Crippen MR) is 89.1 cm³/mol. The minimum atomic E-state index is -0.607. The lowest BCUT2D eigenvalue weighted by Crippen LogP contribution is -2.34. The number of amides is 3. The third-order valence-corrected chi connectivity index (χ3v) is 3.87. The summed E-state index contributed by atoms with van der Waals surface area (Å²) in [5.74, 6) is 0.488. The van der Waals surface area contributed by atoms with Crippen LogP contribution in [0.1, 0.15) is 28.4 Å². The van der Waals surface area contributed by atoms with E-state index in [-0.39, 0.29) is 17.6 Å². The number of anilines is 1. The molecule has 1 aromatic carbocycles. The van der Waals surface area contributed by atoms with Crippen LogP contribution in [-0.4, -0.2) is 30.1 Å². The molecule has 24 heavy (non-hydrogen) atoms. The van der Waals surface area contributed by atoms with Gasteiger partial charge in [0.2, 0.25) is 0 Å². The molecule has 0 fully saturated rings. The van der Waals surface area contributed by atoms with Gasteiger partial charge in [-0.3, -0.25) is 4.79 Å². The molecule has 1 aromatic heterocycles. The van der Waals surface area contributed by atoms with E-state index in [1.54, 1.807) is 6.07 Å². The third kappa shape index (κ3) is 3.62. The van der Waals surface area contributed by atoms with Crippen molar-refractivity contribution in [2.24, 2.45) is 5.73 Å². The van der Waals surface area contributed by atoms with Gasteiger partial charge in [0.05, 0.1) is 18.5 Å². The first-order valence-electron chi connectivity index (χ1n) is 7.66. The van der Waals surface area contributed by atoms with Gasteiger partial charge < -0.3 is 21.1 Å². The van der Waals surface area contributed by atoms with Crippen LogP contribution in [0.5, 0.6) is 5.75 Å². The Labute approximate surface area is 139 Å². The molecule has 2 heterocycles. The van der Waals surface area contributed by atoms with Crippen LogP contribution in [0.3, 0.4) is 0 Å². The van der Waals surface area contributed by atoms with E-state index in [9.17, 15) is 9.59 Å². The lowest BCUT2D eigenvalue weighted by atomic mass is 9.93. The van der Waals surface area contributed by atoms with Gasteiger partial charge in [-0.25, -0.2) is 9.78 Å². The number of aromatic nitrogens is 1. The van der Waals surface area contributed by atoms with Crippen molar-refractivity contribution >= 4 is 17.6 Å². The number of pyridine rings is 1. The molecule has 1 atom stereocenters. The zero-order valence-corrected chi connectivity index (χ0v) is 13.0. The van der Waals surface area contributed by atoms with Gasteiger partial charge in [0.1, 0.15) is 11.4 Å². The molecule has 0 radical (unpaired) electrons. The Balaban J connectivity index is 1.55. The Hall–Kier alpha value is -3.09. The molecular weight excluding hydrogens is 308 g/mol. The normalized spacial score (nSPS) is 15.8. The number of fused-ring (bicyclic) bond motifs is 1. The zero-order chi connectivity index (χ0) is 16.9. The number of carbonyl (C=O) groups is 2. The van der Waals surface area contributed by atoms with E-state index in [1.807, 2.05) is 24.3 Å². The van der Waals surface area contributed by atoms with Gasteiger partial charge in [0, 0.05) is 12.5 Å². The van der Waals surface area contributed by atoms with Crippen LogP contribution in [0.15, 0.2) is 42.6 Å². The number of nitrogens with one attached hydrogen (secondary N) is 2. The maximum Gasteiger partial charge on any atom is 0.319 e. The second-order valence-electron chi connectivity index (χ2n) is 5.50. The lowest BCUT2D eigenvalue weighted by molar-refractivity contribution is 0.0995. The molecule has 124 valence electrons. The molecule has 0 spiro atoms. The highest BCUT2D eigenvalue weighted by molar-refractivity contribution is 5.92. The number of nitrogens with two attached hydrogens (primary N) is 1. The van der Waals surface area contributed by atoms with Crippen LogP contribution in [0, 0.1) is 0 Å². The Morgan fingerprint density at radius 3 is 2.83 bits per heavy atom. The number of rotatable bonds is 4. The number of hydrogen-bond acceptors (Lipinski definition) is 4. The average molecular weight is 326 g/mol. The van der Waals surface area contributed by atoms with Gasteiger partial charge in [0.25, 0.3) is 5.91 Å². The SMILES string of the molecule is NC(=O)c1ccc(NC(=O)NC[C@@H]2CCOc3ccccc32)cn1. The van der Waals surface area contributed by atoms with Crippen molar-refractivity contribution in [3.05, 3.63) is 53.9 Å². The summed E-state index contributed by atoms with van der Waals surface area (Å²) in [4.78, 5) is 26.9. The van der Waals surface area contributed by atoms with Crippen molar-refractivity contribution in [1.82, 2.24) is 10.3 Å². The third-order valence-electron chi connectivity index (χ3n) is 3.87. The van der Waals surface area contributed by atoms with Gasteiger partial charge in [-0.05, 0) is 30.2 Å². The molecule has 0 bridgehead atoms. The molecule has 1 aliphatic heterocycles. The monoisotopic (exact) mass is 326 g/mol. The fourth-order valence-electron chi connectivity index (χ4n) is 2.63. The smallest absolute Gasteiger partial charge is 0.319 e.